The lowest BCUT2D eigenvalue weighted by Gasteiger charge is -2.31. The summed E-state index contributed by atoms with van der Waals surface area (Å²) in [7, 11) is 0. The molecule has 0 bridgehead atoms. The van der Waals surface area contributed by atoms with Crippen LogP contribution in [0.3, 0.4) is 0 Å². The Labute approximate surface area is 205 Å². The molecule has 2 aliphatic rings. The van der Waals surface area contributed by atoms with Crippen molar-refractivity contribution in [3.8, 4) is 5.75 Å². The van der Waals surface area contributed by atoms with Crippen LogP contribution in [-0.4, -0.2) is 31.1 Å². The molecule has 2 heterocycles. The van der Waals surface area contributed by atoms with Gasteiger partial charge in [-0.3, -0.25) is 4.79 Å². The molecule has 0 aromatic heterocycles. The zero-order valence-electron chi connectivity index (χ0n) is 19.8. The lowest BCUT2D eigenvalue weighted by atomic mass is 9.83. The van der Waals surface area contributed by atoms with Crippen molar-refractivity contribution in [2.75, 3.05) is 18.1 Å². The van der Waals surface area contributed by atoms with Gasteiger partial charge in [0.15, 0.2) is 0 Å². The summed E-state index contributed by atoms with van der Waals surface area (Å²) in [6.07, 6.45) is 0. The smallest absolute Gasteiger partial charge is 0.338 e. The minimum absolute atomic E-state index is 0.0105. The first-order chi connectivity index (χ1) is 17.1. The predicted octanol–water partition coefficient (Wildman–Crippen LogP) is 4.18. The summed E-state index contributed by atoms with van der Waals surface area (Å²) in [5.41, 5.74) is 9.96. The molecule has 7 heteroatoms. The minimum Gasteiger partial charge on any atom is -0.494 e. The van der Waals surface area contributed by atoms with E-state index in [9.17, 15) is 9.59 Å². The Morgan fingerprint density at radius 1 is 0.829 bits per heavy atom. The van der Waals surface area contributed by atoms with Gasteiger partial charge in [-0.15, -0.1) is 0 Å². The van der Waals surface area contributed by atoms with Crippen molar-refractivity contribution in [1.82, 2.24) is 10.9 Å². The standard InChI is InChI=1S/C28H29N3O4/c1-3-34-22-16-12-19(13-17-22)26-23-24(18-8-6-5-7-9-18)29-30-25(23)27(32)31(26)21-14-10-20(11-15-21)28(33)35-4-2/h5-17,23-26,29-30H,3-4H2,1-2H3. The first-order valence-electron chi connectivity index (χ1n) is 12.0. The number of amides is 1. The van der Waals surface area contributed by atoms with Crippen molar-refractivity contribution < 1.29 is 19.1 Å². The highest BCUT2D eigenvalue weighted by Crippen LogP contribution is 2.49. The molecule has 0 radical (unpaired) electrons. The van der Waals surface area contributed by atoms with Crippen LogP contribution in [-0.2, 0) is 9.53 Å². The van der Waals surface area contributed by atoms with Gasteiger partial charge >= 0.3 is 5.97 Å². The maximum atomic E-state index is 13.7. The molecule has 2 aliphatic heterocycles. The molecule has 0 saturated carbocycles. The van der Waals surface area contributed by atoms with E-state index in [1.807, 2.05) is 66.4 Å². The third-order valence-electron chi connectivity index (χ3n) is 6.66. The number of hydrogen-bond donors (Lipinski definition) is 2. The molecule has 0 aliphatic carbocycles. The number of nitrogens with zero attached hydrogens (tertiary/aromatic N) is 1. The molecule has 3 aromatic carbocycles. The second-order valence-electron chi connectivity index (χ2n) is 8.65. The molecule has 1 amide bonds. The van der Waals surface area contributed by atoms with Crippen molar-refractivity contribution >= 4 is 17.6 Å². The van der Waals surface area contributed by atoms with Crippen LogP contribution in [0.15, 0.2) is 78.9 Å². The van der Waals surface area contributed by atoms with E-state index >= 15 is 0 Å². The molecule has 4 unspecified atom stereocenters. The van der Waals surface area contributed by atoms with E-state index in [0.29, 0.717) is 18.8 Å². The molecule has 7 nitrogen and oxygen atoms in total. The molecule has 0 spiro atoms. The summed E-state index contributed by atoms with van der Waals surface area (Å²) in [4.78, 5) is 27.7. The van der Waals surface area contributed by atoms with Gasteiger partial charge in [-0.05, 0) is 61.4 Å². The highest BCUT2D eigenvalue weighted by Gasteiger charge is 2.55. The normalized spacial score (nSPS) is 23.3. The van der Waals surface area contributed by atoms with Crippen LogP contribution in [0, 0.1) is 5.92 Å². The number of anilines is 1. The monoisotopic (exact) mass is 471 g/mol. The summed E-state index contributed by atoms with van der Waals surface area (Å²) >= 11 is 0. The van der Waals surface area contributed by atoms with E-state index in [-0.39, 0.29) is 35.9 Å². The maximum absolute atomic E-state index is 13.7. The van der Waals surface area contributed by atoms with Crippen LogP contribution < -0.4 is 20.5 Å². The van der Waals surface area contributed by atoms with Gasteiger partial charge in [0.2, 0.25) is 5.91 Å². The van der Waals surface area contributed by atoms with E-state index in [1.165, 1.54) is 0 Å². The molecule has 2 fully saturated rings. The van der Waals surface area contributed by atoms with Crippen LogP contribution in [0.1, 0.15) is 47.4 Å². The van der Waals surface area contributed by atoms with E-state index in [2.05, 4.69) is 23.0 Å². The van der Waals surface area contributed by atoms with Crippen molar-refractivity contribution in [3.63, 3.8) is 0 Å². The third-order valence-corrected chi connectivity index (χ3v) is 6.66. The van der Waals surface area contributed by atoms with Crippen molar-refractivity contribution in [3.05, 3.63) is 95.6 Å². The van der Waals surface area contributed by atoms with Crippen LogP contribution in [0.5, 0.6) is 5.75 Å². The van der Waals surface area contributed by atoms with Gasteiger partial charge in [0, 0.05) is 11.6 Å². The first kappa shape index (κ1) is 23.1. The number of fused-ring (bicyclic) bond motifs is 1. The largest absolute Gasteiger partial charge is 0.494 e. The number of esters is 1. The number of carbonyl (C=O) groups is 2. The Morgan fingerprint density at radius 3 is 2.17 bits per heavy atom. The summed E-state index contributed by atoms with van der Waals surface area (Å²) in [6.45, 7) is 4.64. The van der Waals surface area contributed by atoms with Gasteiger partial charge in [-0.1, -0.05) is 42.5 Å². The Hall–Kier alpha value is -3.68. The lowest BCUT2D eigenvalue weighted by molar-refractivity contribution is -0.119. The van der Waals surface area contributed by atoms with Crippen molar-refractivity contribution in [2.24, 2.45) is 5.92 Å². The Bertz CT molecular complexity index is 1180. The number of ether oxygens (including phenoxy) is 2. The molecular formula is C28H29N3O4. The van der Waals surface area contributed by atoms with Gasteiger partial charge in [-0.2, -0.15) is 0 Å². The summed E-state index contributed by atoms with van der Waals surface area (Å²) < 4.78 is 10.7. The van der Waals surface area contributed by atoms with E-state index in [1.54, 1.807) is 19.1 Å². The third kappa shape index (κ3) is 4.29. The molecule has 2 saturated heterocycles. The van der Waals surface area contributed by atoms with Crippen LogP contribution >= 0.6 is 0 Å². The van der Waals surface area contributed by atoms with Crippen LogP contribution in [0.25, 0.3) is 0 Å². The van der Waals surface area contributed by atoms with Gasteiger partial charge < -0.3 is 14.4 Å². The average Bonchev–Trinajstić information content (AvgIpc) is 3.44. The fraction of sp³-hybridized carbons (Fsp3) is 0.286. The predicted molar refractivity (Wildman–Crippen MR) is 133 cm³/mol. The number of hydrazine groups is 1. The second kappa shape index (κ2) is 9.90. The molecule has 180 valence electrons. The highest BCUT2D eigenvalue weighted by molar-refractivity contribution is 6.02. The maximum Gasteiger partial charge on any atom is 0.338 e. The highest BCUT2D eigenvalue weighted by atomic mass is 16.5. The molecule has 4 atom stereocenters. The average molecular weight is 472 g/mol. The van der Waals surface area contributed by atoms with Crippen LogP contribution in [0.2, 0.25) is 0 Å². The first-order valence-corrected chi connectivity index (χ1v) is 12.0. The topological polar surface area (TPSA) is 79.9 Å². The molecule has 35 heavy (non-hydrogen) atoms. The van der Waals surface area contributed by atoms with E-state index in [4.69, 9.17) is 9.47 Å². The number of carbonyl (C=O) groups excluding carboxylic acids is 2. The van der Waals surface area contributed by atoms with Crippen molar-refractivity contribution in [2.45, 2.75) is 32.0 Å². The SMILES string of the molecule is CCOC(=O)c1ccc(N2C(=O)C3NNC(c4ccccc4)C3C2c2ccc(OCC)cc2)cc1. The Balaban J connectivity index is 1.55. The fourth-order valence-corrected chi connectivity index (χ4v) is 5.14. The zero-order chi connectivity index (χ0) is 24.4. The molecule has 2 N–H and O–H groups in total. The number of nitrogens with one attached hydrogen (secondary N) is 2. The van der Waals surface area contributed by atoms with Gasteiger partial charge in [-0.25, -0.2) is 15.6 Å². The van der Waals surface area contributed by atoms with E-state index in [0.717, 1.165) is 22.6 Å². The number of hydrogen-bond acceptors (Lipinski definition) is 6. The molecule has 5 rings (SSSR count). The second-order valence-corrected chi connectivity index (χ2v) is 8.65. The fourth-order valence-electron chi connectivity index (χ4n) is 5.14. The molecular weight excluding hydrogens is 442 g/mol. The quantitative estimate of drug-likeness (QED) is 0.503. The number of rotatable bonds is 7. The summed E-state index contributed by atoms with van der Waals surface area (Å²) in [5, 5.41) is 0. The van der Waals surface area contributed by atoms with Gasteiger partial charge in [0.1, 0.15) is 11.8 Å². The van der Waals surface area contributed by atoms with Gasteiger partial charge in [0.05, 0.1) is 30.9 Å². The zero-order valence-corrected chi connectivity index (χ0v) is 19.8. The summed E-state index contributed by atoms with van der Waals surface area (Å²) in [6, 6.07) is 24.6. The Morgan fingerprint density at radius 2 is 1.51 bits per heavy atom. The van der Waals surface area contributed by atoms with Gasteiger partial charge in [0.25, 0.3) is 0 Å². The molecule has 3 aromatic rings. The van der Waals surface area contributed by atoms with Crippen molar-refractivity contribution in [1.29, 1.82) is 0 Å². The Kier molecular flexibility index (Phi) is 6.53. The minimum atomic E-state index is -0.387. The van der Waals surface area contributed by atoms with E-state index < -0.39 is 0 Å². The number of benzene rings is 3. The van der Waals surface area contributed by atoms with Crippen LogP contribution in [0.4, 0.5) is 5.69 Å². The lowest BCUT2D eigenvalue weighted by Crippen LogP contribution is -2.41. The summed E-state index contributed by atoms with van der Waals surface area (Å²) in [5.74, 6) is 0.364.